The minimum atomic E-state index is -3.79. The van der Waals surface area contributed by atoms with Crippen LogP contribution in [-0.4, -0.2) is 24.1 Å². The van der Waals surface area contributed by atoms with Gasteiger partial charge in [0.25, 0.3) is 10.0 Å². The summed E-state index contributed by atoms with van der Waals surface area (Å²) < 4.78 is 30.3. The molecule has 0 atom stereocenters. The lowest BCUT2D eigenvalue weighted by atomic mass is 10.0. The van der Waals surface area contributed by atoms with Gasteiger partial charge in [-0.15, -0.1) is 0 Å². The van der Waals surface area contributed by atoms with Crippen molar-refractivity contribution in [2.45, 2.75) is 31.6 Å². The minimum absolute atomic E-state index is 0.0548. The van der Waals surface area contributed by atoms with Gasteiger partial charge in [-0.25, -0.2) is 13.1 Å². The summed E-state index contributed by atoms with van der Waals surface area (Å²) in [6, 6.07) is 14.3. The fourth-order valence-electron chi connectivity index (χ4n) is 3.33. The Hall–Kier alpha value is -3.13. The van der Waals surface area contributed by atoms with E-state index >= 15 is 0 Å². The van der Waals surface area contributed by atoms with Crippen molar-refractivity contribution in [2.75, 3.05) is 10.0 Å². The lowest BCUT2D eigenvalue weighted by Gasteiger charge is -2.18. The monoisotopic (exact) mass is 396 g/mol. The number of anilines is 2. The molecule has 0 saturated heterocycles. The van der Waals surface area contributed by atoms with Crippen LogP contribution in [0.1, 0.15) is 23.4 Å². The molecule has 4 rings (SSSR count). The third-order valence-electron chi connectivity index (χ3n) is 4.81. The van der Waals surface area contributed by atoms with Gasteiger partial charge in [-0.3, -0.25) is 9.52 Å². The van der Waals surface area contributed by atoms with Crippen LogP contribution in [0.4, 0.5) is 11.4 Å². The van der Waals surface area contributed by atoms with E-state index in [-0.39, 0.29) is 10.8 Å². The molecule has 2 N–H and O–H groups in total. The van der Waals surface area contributed by atoms with Crippen LogP contribution in [0.3, 0.4) is 0 Å². The van der Waals surface area contributed by atoms with E-state index < -0.39 is 10.0 Å². The average molecular weight is 396 g/mol. The Bertz CT molecular complexity index is 1170. The van der Waals surface area contributed by atoms with Crippen molar-refractivity contribution in [3.05, 3.63) is 65.5 Å². The largest absolute Gasteiger partial charge is 0.326 e. The summed E-state index contributed by atoms with van der Waals surface area (Å²) in [6.45, 7) is 3.60. The van der Waals surface area contributed by atoms with Crippen molar-refractivity contribution < 1.29 is 13.2 Å². The van der Waals surface area contributed by atoms with Crippen LogP contribution >= 0.6 is 0 Å². The number of hydrogen-bond acceptors (Lipinski definition) is 4. The second kappa shape index (κ2) is 6.79. The highest BCUT2D eigenvalue weighted by Crippen LogP contribution is 2.29. The van der Waals surface area contributed by atoms with Gasteiger partial charge in [-0.1, -0.05) is 18.2 Å². The molecule has 1 amide bonds. The number of rotatable bonds is 4. The van der Waals surface area contributed by atoms with Crippen molar-refractivity contribution in [3.8, 4) is 5.69 Å². The summed E-state index contributed by atoms with van der Waals surface area (Å²) in [5.74, 6) is -0.0548. The standard InChI is InChI=1S/C20H20N4O3S/c1-13-20(14(2)24(22-13)16-6-4-3-5-7-16)23-28(26,27)17-9-10-18-15(12-17)8-11-19(25)21-18/h3-7,9-10,12,23H,8,11H2,1-2H3,(H,21,25). The van der Waals surface area contributed by atoms with Gasteiger partial charge in [0.15, 0.2) is 0 Å². The Morgan fingerprint density at radius 1 is 1.07 bits per heavy atom. The Morgan fingerprint density at radius 2 is 1.82 bits per heavy atom. The van der Waals surface area contributed by atoms with Crippen molar-refractivity contribution in [1.82, 2.24) is 9.78 Å². The molecule has 0 radical (unpaired) electrons. The summed E-state index contributed by atoms with van der Waals surface area (Å²) in [5, 5.41) is 7.24. The summed E-state index contributed by atoms with van der Waals surface area (Å²) in [6.07, 6.45) is 0.876. The van der Waals surface area contributed by atoms with E-state index in [9.17, 15) is 13.2 Å². The van der Waals surface area contributed by atoms with E-state index in [0.29, 0.717) is 35.6 Å². The molecule has 144 valence electrons. The molecular formula is C20H20N4O3S. The molecule has 3 aromatic rings. The molecule has 8 heteroatoms. The normalized spacial score (nSPS) is 13.7. The van der Waals surface area contributed by atoms with Crippen molar-refractivity contribution in [3.63, 3.8) is 0 Å². The summed E-state index contributed by atoms with van der Waals surface area (Å²) in [5.41, 5.74) is 4.11. The number of amides is 1. The van der Waals surface area contributed by atoms with Crippen LogP contribution in [0.25, 0.3) is 5.69 Å². The molecule has 0 aliphatic carbocycles. The molecule has 7 nitrogen and oxygen atoms in total. The number of nitrogens with one attached hydrogen (secondary N) is 2. The molecule has 0 bridgehead atoms. The molecule has 1 aliphatic rings. The first-order valence-electron chi connectivity index (χ1n) is 8.92. The van der Waals surface area contributed by atoms with Crippen LogP contribution in [0.2, 0.25) is 0 Å². The fraction of sp³-hybridized carbons (Fsp3) is 0.200. The van der Waals surface area contributed by atoms with Gasteiger partial charge in [0.05, 0.1) is 27.7 Å². The van der Waals surface area contributed by atoms with Crippen molar-refractivity contribution in [1.29, 1.82) is 0 Å². The second-order valence-corrected chi connectivity index (χ2v) is 8.45. The van der Waals surface area contributed by atoms with E-state index in [1.165, 1.54) is 6.07 Å². The fourth-order valence-corrected chi connectivity index (χ4v) is 4.56. The number of fused-ring (bicyclic) bond motifs is 1. The van der Waals surface area contributed by atoms with Gasteiger partial charge in [-0.05, 0) is 56.2 Å². The summed E-state index contributed by atoms with van der Waals surface area (Å²) >= 11 is 0. The Labute approximate surface area is 163 Å². The van der Waals surface area contributed by atoms with Gasteiger partial charge >= 0.3 is 0 Å². The molecule has 2 heterocycles. The molecule has 2 aromatic carbocycles. The van der Waals surface area contributed by atoms with E-state index in [2.05, 4.69) is 15.1 Å². The maximum absolute atomic E-state index is 13.0. The number of aryl methyl sites for hydroxylation is 2. The van der Waals surface area contributed by atoms with Gasteiger partial charge in [-0.2, -0.15) is 5.10 Å². The highest BCUT2D eigenvalue weighted by molar-refractivity contribution is 7.92. The third-order valence-corrected chi connectivity index (χ3v) is 6.16. The quantitative estimate of drug-likeness (QED) is 0.708. The van der Waals surface area contributed by atoms with Crippen LogP contribution in [0, 0.1) is 13.8 Å². The van der Waals surface area contributed by atoms with Crippen LogP contribution in [0.15, 0.2) is 53.4 Å². The maximum Gasteiger partial charge on any atom is 0.262 e. The van der Waals surface area contributed by atoms with E-state index in [1.54, 1.807) is 23.7 Å². The number of nitrogens with zero attached hydrogens (tertiary/aromatic N) is 2. The SMILES string of the molecule is Cc1nn(-c2ccccc2)c(C)c1NS(=O)(=O)c1ccc2c(c1)CCC(=O)N2. The van der Waals surface area contributed by atoms with Crippen LogP contribution in [0.5, 0.6) is 0 Å². The first kappa shape index (κ1) is 18.2. The molecule has 0 saturated carbocycles. The van der Waals surface area contributed by atoms with Crippen molar-refractivity contribution >= 4 is 27.3 Å². The zero-order chi connectivity index (χ0) is 19.9. The first-order chi connectivity index (χ1) is 13.3. The van der Waals surface area contributed by atoms with Crippen LogP contribution in [-0.2, 0) is 21.2 Å². The van der Waals surface area contributed by atoms with Gasteiger partial charge in [0, 0.05) is 12.1 Å². The lowest BCUT2D eigenvalue weighted by Crippen LogP contribution is -2.20. The van der Waals surface area contributed by atoms with E-state index in [4.69, 9.17) is 0 Å². The molecule has 1 aromatic heterocycles. The number of carbonyl (C=O) groups is 1. The highest BCUT2D eigenvalue weighted by Gasteiger charge is 2.23. The minimum Gasteiger partial charge on any atom is -0.326 e. The second-order valence-electron chi connectivity index (χ2n) is 6.77. The maximum atomic E-state index is 13.0. The smallest absolute Gasteiger partial charge is 0.262 e. The molecule has 0 fully saturated rings. The highest BCUT2D eigenvalue weighted by atomic mass is 32.2. The predicted molar refractivity (Wildman–Crippen MR) is 107 cm³/mol. The first-order valence-corrected chi connectivity index (χ1v) is 10.4. The van der Waals surface area contributed by atoms with Gasteiger partial charge in [0.1, 0.15) is 0 Å². The Balaban J connectivity index is 1.68. The van der Waals surface area contributed by atoms with Crippen molar-refractivity contribution in [2.24, 2.45) is 0 Å². The number of benzene rings is 2. The molecule has 0 spiro atoms. The number of carbonyl (C=O) groups excluding carboxylic acids is 1. The zero-order valence-electron chi connectivity index (χ0n) is 15.6. The average Bonchev–Trinajstić information content (AvgIpc) is 2.96. The number of hydrogen-bond donors (Lipinski definition) is 2. The Kier molecular flexibility index (Phi) is 4.43. The topological polar surface area (TPSA) is 93.1 Å². The summed E-state index contributed by atoms with van der Waals surface area (Å²) in [7, 11) is -3.79. The number of aromatic nitrogens is 2. The predicted octanol–water partition coefficient (Wildman–Crippen LogP) is 3.17. The third kappa shape index (κ3) is 3.27. The van der Waals surface area contributed by atoms with Crippen LogP contribution < -0.4 is 10.0 Å². The number of sulfonamides is 1. The summed E-state index contributed by atoms with van der Waals surface area (Å²) in [4.78, 5) is 11.7. The molecule has 1 aliphatic heterocycles. The van der Waals surface area contributed by atoms with E-state index in [1.807, 2.05) is 37.3 Å². The van der Waals surface area contributed by atoms with E-state index in [0.717, 1.165) is 11.3 Å². The molecule has 28 heavy (non-hydrogen) atoms. The molecular weight excluding hydrogens is 376 g/mol. The Morgan fingerprint density at radius 3 is 2.57 bits per heavy atom. The zero-order valence-corrected chi connectivity index (χ0v) is 16.4. The van der Waals surface area contributed by atoms with Gasteiger partial charge in [0.2, 0.25) is 5.91 Å². The number of para-hydroxylation sites is 1. The lowest BCUT2D eigenvalue weighted by molar-refractivity contribution is -0.116. The molecule has 0 unspecified atom stereocenters. The van der Waals surface area contributed by atoms with Gasteiger partial charge < -0.3 is 5.32 Å².